The van der Waals surface area contributed by atoms with Gasteiger partial charge in [0.05, 0.1) is 49.0 Å². The Labute approximate surface area is 384 Å². The fourth-order valence-corrected chi connectivity index (χ4v) is 9.74. The Morgan fingerprint density at radius 2 is 0.882 bits per heavy atom. The van der Waals surface area contributed by atoms with E-state index in [4.69, 9.17) is 35.7 Å². The van der Waals surface area contributed by atoms with Crippen LogP contribution in [0.3, 0.4) is 0 Å². The maximum Gasteiger partial charge on any atom is 0.586 e. The van der Waals surface area contributed by atoms with Gasteiger partial charge < -0.3 is 54.7 Å². The summed E-state index contributed by atoms with van der Waals surface area (Å²) in [7, 11) is 0.0576. The van der Waals surface area contributed by atoms with Crippen molar-refractivity contribution >= 4 is 71.8 Å². The molecule has 0 saturated heterocycles. The molecule has 0 fully saturated rings. The minimum Gasteiger partial charge on any atom is -0.496 e. The van der Waals surface area contributed by atoms with Gasteiger partial charge >= 0.3 is 24.5 Å². The van der Waals surface area contributed by atoms with E-state index in [1.807, 2.05) is 67.3 Å². The van der Waals surface area contributed by atoms with Crippen LogP contribution in [0.25, 0.3) is 66.1 Å². The molecule has 0 saturated carbocycles. The fraction of sp³-hybridized carbons (Fsp3) is 0.208. The lowest BCUT2D eigenvalue weighted by atomic mass is 9.97. The fourth-order valence-electron chi connectivity index (χ4n) is 7.87. The molecule has 8 aromatic rings. The first-order chi connectivity index (χ1) is 32.6. The summed E-state index contributed by atoms with van der Waals surface area (Å²) in [6.45, 7) is 6.23. The van der Waals surface area contributed by atoms with Gasteiger partial charge in [-0.25, -0.2) is 9.59 Å². The number of methoxy groups -OCH3 is 2. The molecule has 10 rings (SSSR count). The molecule has 0 aliphatic carbocycles. The summed E-state index contributed by atoms with van der Waals surface area (Å²) < 4.78 is 121. The highest BCUT2D eigenvalue weighted by Gasteiger charge is 2.49. The van der Waals surface area contributed by atoms with E-state index in [-0.39, 0.29) is 13.2 Å². The standard InChI is InChI=1S/C27H23O4P.C21H15F4O10P/c1-28-22-16-14-20(18-10-6-4-7-11-18)26-24(22)25-23(29-2)17-15-21(19-12-8-5-9-13-19)27(25)31-32(3)30-26;1-4-28-18(26)8-6-10-16(32-20(22,23)30-10)12-13-15(35-36(3)34-14(8)12)9(19(27)29-5-2)7-11-17(13)33-21(24,25)31-11/h4-17H,1-3H3;6-7H,4-5H2,1-3H3. The van der Waals surface area contributed by atoms with Gasteiger partial charge in [-0.05, 0) is 49.2 Å². The Balaban J connectivity index is 0.000000171. The summed E-state index contributed by atoms with van der Waals surface area (Å²) in [5.74, 6) is -3.19. The largest absolute Gasteiger partial charge is 0.586 e. The quantitative estimate of drug-likeness (QED) is 0.104. The van der Waals surface area contributed by atoms with Gasteiger partial charge in [-0.15, -0.1) is 17.6 Å². The van der Waals surface area contributed by atoms with Crippen molar-refractivity contribution in [2.24, 2.45) is 13.3 Å². The first-order valence-electron chi connectivity index (χ1n) is 20.7. The van der Waals surface area contributed by atoms with E-state index < -0.39 is 96.6 Å². The number of rotatable bonds is 8. The summed E-state index contributed by atoms with van der Waals surface area (Å²) in [4.78, 5) is 25.5. The number of ether oxygens (including phenoxy) is 8. The van der Waals surface area contributed by atoms with Crippen LogP contribution in [0.1, 0.15) is 34.6 Å². The van der Waals surface area contributed by atoms with Gasteiger partial charge in [0.1, 0.15) is 22.6 Å². The van der Waals surface area contributed by atoms with Gasteiger partial charge in [0.15, 0.2) is 45.3 Å². The van der Waals surface area contributed by atoms with Gasteiger partial charge in [0, 0.05) is 36.6 Å². The molecular formula is C48H38F4O14P2. The zero-order valence-corrected chi connectivity index (χ0v) is 38.6. The highest BCUT2D eigenvalue weighted by molar-refractivity contribution is 7.35. The van der Waals surface area contributed by atoms with Crippen LogP contribution in [0.2, 0.25) is 0 Å². The molecule has 20 heteroatoms. The number of fused-ring (bicyclic) bond motifs is 10. The lowest BCUT2D eigenvalue weighted by Crippen LogP contribution is -2.26. The average Bonchev–Trinajstić information content (AvgIpc) is 3.68. The van der Waals surface area contributed by atoms with Crippen molar-refractivity contribution in [3.63, 3.8) is 0 Å². The molecule has 6 aromatic carbocycles. The van der Waals surface area contributed by atoms with Gasteiger partial charge in [-0.3, -0.25) is 0 Å². The van der Waals surface area contributed by atoms with Gasteiger partial charge in [-0.2, -0.15) is 0 Å². The lowest BCUT2D eigenvalue weighted by Gasteiger charge is -2.12. The van der Waals surface area contributed by atoms with Crippen molar-refractivity contribution in [3.05, 3.63) is 108 Å². The number of esters is 2. The average molecular weight is 977 g/mol. The van der Waals surface area contributed by atoms with Crippen LogP contribution in [0.15, 0.2) is 114 Å². The molecular weight excluding hydrogens is 938 g/mol. The number of carbonyl (C=O) groups is 2. The van der Waals surface area contributed by atoms with Gasteiger partial charge in [0.25, 0.3) is 0 Å². The monoisotopic (exact) mass is 976 g/mol. The van der Waals surface area contributed by atoms with Crippen LogP contribution in [0, 0.1) is 0 Å². The Morgan fingerprint density at radius 3 is 1.24 bits per heavy atom. The molecule has 68 heavy (non-hydrogen) atoms. The molecule has 0 unspecified atom stereocenters. The van der Waals surface area contributed by atoms with Crippen molar-refractivity contribution in [2.45, 2.75) is 26.4 Å². The molecule has 2 aromatic heterocycles. The van der Waals surface area contributed by atoms with E-state index >= 15 is 0 Å². The molecule has 0 radical (unpaired) electrons. The number of hydrogen-bond acceptors (Lipinski definition) is 14. The highest BCUT2D eigenvalue weighted by Crippen LogP contribution is 2.56. The molecule has 0 bridgehead atoms. The molecule has 2 aliphatic rings. The minimum absolute atomic E-state index is 0.0856. The number of benzene rings is 6. The predicted octanol–water partition coefficient (Wildman–Crippen LogP) is 14.0. The summed E-state index contributed by atoms with van der Waals surface area (Å²) in [5.41, 5.74) is 4.01. The third kappa shape index (κ3) is 8.34. The SMILES string of the molecule is CCOC(=O)c1cc2c(c3c1op(C)oc1c(C(=O)OCC)cc4c(c13)OC(F)(F)O4)OC(F)(F)O2.COc1ccc(-c2ccccc2)c2op(C)oc3c(-c4ccccc4)ccc(OC)c3c12. The predicted molar refractivity (Wildman–Crippen MR) is 243 cm³/mol. The highest BCUT2D eigenvalue weighted by atomic mass is 31.1. The number of carbonyl (C=O) groups excluding carboxylic acids is 2. The molecule has 4 heterocycles. The summed E-state index contributed by atoms with van der Waals surface area (Å²) in [6.07, 6.45) is -8.37. The molecule has 14 nitrogen and oxygen atoms in total. The molecule has 0 N–H and O–H groups in total. The Bertz CT molecular complexity index is 3160. The normalized spacial score (nSPS) is 13.8. The molecule has 0 atom stereocenters. The third-order valence-electron chi connectivity index (χ3n) is 10.5. The van der Waals surface area contributed by atoms with E-state index in [0.29, 0.717) is 11.5 Å². The maximum absolute atomic E-state index is 14.2. The van der Waals surface area contributed by atoms with E-state index in [2.05, 4.69) is 43.2 Å². The summed E-state index contributed by atoms with van der Waals surface area (Å²) >= 11 is 0. The second kappa shape index (κ2) is 18.0. The molecule has 0 spiro atoms. The second-order valence-electron chi connectivity index (χ2n) is 14.7. The Kier molecular flexibility index (Phi) is 12.1. The van der Waals surface area contributed by atoms with Crippen molar-refractivity contribution in [1.82, 2.24) is 0 Å². The number of hydrogen-bond donors (Lipinski definition) is 0. The Morgan fingerprint density at radius 1 is 0.515 bits per heavy atom. The van der Waals surface area contributed by atoms with Crippen molar-refractivity contribution in [3.8, 4) is 56.8 Å². The van der Waals surface area contributed by atoms with Crippen LogP contribution in [-0.2, 0) is 22.8 Å². The summed E-state index contributed by atoms with van der Waals surface area (Å²) in [5, 5.41) is 0.729. The van der Waals surface area contributed by atoms with Crippen LogP contribution >= 0.6 is 16.0 Å². The van der Waals surface area contributed by atoms with E-state index in [1.165, 1.54) is 20.5 Å². The van der Waals surface area contributed by atoms with Crippen LogP contribution in [-0.4, -0.2) is 52.0 Å². The topological polar surface area (TPSA) is 161 Å². The smallest absolute Gasteiger partial charge is 0.496 e. The number of halogens is 4. The van der Waals surface area contributed by atoms with Crippen molar-refractivity contribution in [2.75, 3.05) is 27.4 Å². The zero-order valence-electron chi connectivity index (χ0n) is 36.8. The maximum atomic E-state index is 14.2. The first kappa shape index (κ1) is 45.7. The van der Waals surface area contributed by atoms with Crippen LogP contribution in [0.4, 0.5) is 17.6 Å². The first-order valence-corrected chi connectivity index (χ1v) is 23.9. The van der Waals surface area contributed by atoms with Gasteiger partial charge in [-0.1, -0.05) is 60.7 Å². The minimum atomic E-state index is -4.18. The molecule has 0 amide bonds. The van der Waals surface area contributed by atoms with Crippen LogP contribution in [0.5, 0.6) is 34.5 Å². The summed E-state index contributed by atoms with van der Waals surface area (Å²) in [6, 6.07) is 30.3. The van der Waals surface area contributed by atoms with Crippen molar-refractivity contribution in [1.29, 1.82) is 0 Å². The van der Waals surface area contributed by atoms with Gasteiger partial charge in [0.2, 0.25) is 16.0 Å². The number of aryl methyl sites for hydroxylation is 2. The van der Waals surface area contributed by atoms with Crippen molar-refractivity contribution < 1.29 is 81.8 Å². The van der Waals surface area contributed by atoms with E-state index in [0.717, 1.165) is 56.3 Å². The van der Waals surface area contributed by atoms with Crippen LogP contribution < -0.4 is 28.4 Å². The lowest BCUT2D eigenvalue weighted by molar-refractivity contribution is -0.287. The Hall–Kier alpha value is -7.42. The molecule has 2 aliphatic heterocycles. The third-order valence-corrected chi connectivity index (χ3v) is 12.3. The van der Waals surface area contributed by atoms with E-state index in [1.54, 1.807) is 14.2 Å². The molecule has 352 valence electrons. The number of alkyl halides is 4. The van der Waals surface area contributed by atoms with E-state index in [9.17, 15) is 27.2 Å². The zero-order chi connectivity index (χ0) is 48.1. The second-order valence-corrected chi connectivity index (χ2v) is 17.2.